The summed E-state index contributed by atoms with van der Waals surface area (Å²) in [5.41, 5.74) is 2.80. The SMILES string of the molecule is CC(=N)c1ccccc1O.CN(C)c1ccc(C=NC2CCCCC2)c(O)c1. The van der Waals surface area contributed by atoms with Crippen LogP contribution in [0.3, 0.4) is 0 Å². The van der Waals surface area contributed by atoms with Gasteiger partial charge in [-0.2, -0.15) is 0 Å². The number of hydrogen-bond acceptors (Lipinski definition) is 5. The Morgan fingerprint density at radius 2 is 1.71 bits per heavy atom. The minimum absolute atomic E-state index is 0.176. The number of nitrogens with zero attached hydrogens (tertiary/aromatic N) is 2. The Labute approximate surface area is 167 Å². The lowest BCUT2D eigenvalue weighted by molar-refractivity contribution is 0.444. The summed E-state index contributed by atoms with van der Waals surface area (Å²) < 4.78 is 0. The number of rotatable bonds is 4. The third kappa shape index (κ3) is 6.41. The van der Waals surface area contributed by atoms with Gasteiger partial charge in [0.05, 0.1) is 0 Å². The van der Waals surface area contributed by atoms with E-state index >= 15 is 0 Å². The van der Waals surface area contributed by atoms with Gasteiger partial charge >= 0.3 is 0 Å². The molecule has 2 aromatic carbocycles. The number of aromatic hydroxyl groups is 2. The topological polar surface area (TPSA) is 79.9 Å². The van der Waals surface area contributed by atoms with E-state index in [2.05, 4.69) is 4.99 Å². The van der Waals surface area contributed by atoms with E-state index in [0.29, 0.717) is 23.1 Å². The molecule has 0 amide bonds. The van der Waals surface area contributed by atoms with E-state index in [9.17, 15) is 5.11 Å². The molecule has 0 spiro atoms. The number of anilines is 1. The summed E-state index contributed by atoms with van der Waals surface area (Å²) in [6.45, 7) is 1.65. The summed E-state index contributed by atoms with van der Waals surface area (Å²) in [4.78, 5) is 6.56. The van der Waals surface area contributed by atoms with Crippen molar-refractivity contribution in [1.82, 2.24) is 0 Å². The molecule has 1 fully saturated rings. The lowest BCUT2D eigenvalue weighted by Gasteiger charge is -2.17. The van der Waals surface area contributed by atoms with Gasteiger partial charge in [0.2, 0.25) is 0 Å². The van der Waals surface area contributed by atoms with Gasteiger partial charge in [0, 0.05) is 54.9 Å². The molecule has 150 valence electrons. The molecule has 5 heteroatoms. The van der Waals surface area contributed by atoms with Crippen molar-refractivity contribution in [2.24, 2.45) is 4.99 Å². The van der Waals surface area contributed by atoms with Crippen LogP contribution in [0.1, 0.15) is 50.2 Å². The Kier molecular flexibility index (Phi) is 8.05. The monoisotopic (exact) mass is 381 g/mol. The van der Waals surface area contributed by atoms with Crippen LogP contribution in [0.4, 0.5) is 5.69 Å². The second kappa shape index (κ2) is 10.5. The smallest absolute Gasteiger partial charge is 0.126 e. The zero-order valence-electron chi connectivity index (χ0n) is 17.0. The molecule has 1 aliphatic rings. The van der Waals surface area contributed by atoms with Gasteiger partial charge in [-0.25, -0.2) is 0 Å². The van der Waals surface area contributed by atoms with Crippen molar-refractivity contribution in [3.63, 3.8) is 0 Å². The standard InChI is InChI=1S/C15H22N2O.C8H9NO/c1-17(2)14-9-8-12(15(18)10-14)11-16-13-6-4-3-5-7-13;1-6(9)7-4-2-3-5-8(7)10/h8-11,13,18H,3-7H2,1-2H3;2-5,9-10H,1H3. The summed E-state index contributed by atoms with van der Waals surface area (Å²) in [6.07, 6.45) is 8.11. The minimum Gasteiger partial charge on any atom is -0.507 e. The van der Waals surface area contributed by atoms with Crippen molar-refractivity contribution >= 4 is 17.6 Å². The van der Waals surface area contributed by atoms with Crippen molar-refractivity contribution in [3.8, 4) is 11.5 Å². The number of nitrogens with one attached hydrogen (secondary N) is 1. The molecule has 1 saturated carbocycles. The zero-order valence-corrected chi connectivity index (χ0v) is 17.0. The van der Waals surface area contributed by atoms with E-state index in [0.717, 1.165) is 11.3 Å². The Hall–Kier alpha value is -2.82. The quantitative estimate of drug-likeness (QED) is 0.653. The summed E-state index contributed by atoms with van der Waals surface area (Å²) in [5.74, 6) is 0.482. The molecule has 28 heavy (non-hydrogen) atoms. The van der Waals surface area contributed by atoms with Crippen molar-refractivity contribution in [3.05, 3.63) is 53.6 Å². The van der Waals surface area contributed by atoms with E-state index < -0.39 is 0 Å². The van der Waals surface area contributed by atoms with Crippen LogP contribution in [0.15, 0.2) is 47.5 Å². The number of phenolic OH excluding ortho intramolecular Hbond substituents is 2. The van der Waals surface area contributed by atoms with E-state index in [-0.39, 0.29) is 5.75 Å². The van der Waals surface area contributed by atoms with E-state index in [1.807, 2.05) is 37.3 Å². The largest absolute Gasteiger partial charge is 0.507 e. The van der Waals surface area contributed by atoms with Gasteiger partial charge in [-0.15, -0.1) is 0 Å². The van der Waals surface area contributed by atoms with Crippen LogP contribution in [0.5, 0.6) is 11.5 Å². The number of para-hydroxylation sites is 1. The Morgan fingerprint density at radius 1 is 1.04 bits per heavy atom. The molecular weight excluding hydrogens is 350 g/mol. The first kappa shape index (κ1) is 21.5. The fraction of sp³-hybridized carbons (Fsp3) is 0.391. The highest BCUT2D eigenvalue weighted by atomic mass is 16.3. The van der Waals surface area contributed by atoms with Crippen LogP contribution in [-0.2, 0) is 0 Å². The van der Waals surface area contributed by atoms with Crippen LogP contribution < -0.4 is 4.90 Å². The normalized spacial score (nSPS) is 14.4. The van der Waals surface area contributed by atoms with Gasteiger partial charge in [-0.05, 0) is 44.0 Å². The van der Waals surface area contributed by atoms with Crippen molar-refractivity contribution in [2.45, 2.75) is 45.1 Å². The average molecular weight is 382 g/mol. The Morgan fingerprint density at radius 3 is 2.25 bits per heavy atom. The number of phenols is 2. The summed E-state index contributed by atoms with van der Waals surface area (Å²) >= 11 is 0. The van der Waals surface area contributed by atoms with E-state index in [4.69, 9.17) is 10.5 Å². The number of hydrogen-bond donors (Lipinski definition) is 3. The van der Waals surface area contributed by atoms with Gasteiger partial charge < -0.3 is 20.5 Å². The van der Waals surface area contributed by atoms with Gasteiger partial charge in [0.25, 0.3) is 0 Å². The predicted octanol–water partition coefficient (Wildman–Crippen LogP) is 4.99. The highest BCUT2D eigenvalue weighted by molar-refractivity contribution is 5.98. The van der Waals surface area contributed by atoms with Crippen LogP contribution >= 0.6 is 0 Å². The van der Waals surface area contributed by atoms with E-state index in [1.54, 1.807) is 37.3 Å². The summed E-state index contributed by atoms with van der Waals surface area (Å²) in [5, 5.41) is 26.3. The van der Waals surface area contributed by atoms with Crippen LogP contribution in [0, 0.1) is 5.41 Å². The molecule has 0 aliphatic heterocycles. The number of aliphatic imine (C=N–C) groups is 1. The third-order valence-electron chi connectivity index (χ3n) is 4.84. The molecule has 0 radical (unpaired) electrons. The molecule has 0 bridgehead atoms. The van der Waals surface area contributed by atoms with Gasteiger partial charge in [0.15, 0.2) is 0 Å². The average Bonchev–Trinajstić information content (AvgIpc) is 2.68. The molecule has 0 heterocycles. The summed E-state index contributed by atoms with van der Waals surface area (Å²) in [6, 6.07) is 13.0. The maximum Gasteiger partial charge on any atom is 0.126 e. The molecule has 3 N–H and O–H groups in total. The molecule has 0 aromatic heterocycles. The van der Waals surface area contributed by atoms with Crippen molar-refractivity contribution in [1.29, 1.82) is 5.41 Å². The molecule has 1 aliphatic carbocycles. The minimum atomic E-state index is 0.176. The second-order valence-corrected chi connectivity index (χ2v) is 7.35. The van der Waals surface area contributed by atoms with Crippen LogP contribution in [-0.4, -0.2) is 42.3 Å². The summed E-state index contributed by atoms with van der Waals surface area (Å²) in [7, 11) is 3.93. The molecule has 2 aromatic rings. The maximum atomic E-state index is 9.95. The molecule has 0 saturated heterocycles. The Balaban J connectivity index is 0.000000237. The third-order valence-corrected chi connectivity index (χ3v) is 4.84. The fourth-order valence-corrected chi connectivity index (χ4v) is 3.13. The highest BCUT2D eigenvalue weighted by Crippen LogP contribution is 2.24. The first-order valence-electron chi connectivity index (χ1n) is 9.75. The molecule has 5 nitrogen and oxygen atoms in total. The van der Waals surface area contributed by atoms with Gasteiger partial charge in [-0.1, -0.05) is 31.4 Å². The van der Waals surface area contributed by atoms with E-state index in [1.165, 1.54) is 32.1 Å². The maximum absolute atomic E-state index is 9.95. The fourth-order valence-electron chi connectivity index (χ4n) is 3.13. The molecule has 0 atom stereocenters. The zero-order chi connectivity index (χ0) is 20.5. The molecule has 0 unspecified atom stereocenters. The first-order chi connectivity index (χ1) is 13.4. The first-order valence-corrected chi connectivity index (χ1v) is 9.75. The lowest BCUT2D eigenvalue weighted by Crippen LogP contribution is -2.10. The second-order valence-electron chi connectivity index (χ2n) is 7.35. The van der Waals surface area contributed by atoms with Crippen molar-refractivity contribution < 1.29 is 10.2 Å². The molecule has 3 rings (SSSR count). The molecular formula is C23H31N3O2. The Bertz CT molecular complexity index is 809. The van der Waals surface area contributed by atoms with Gasteiger partial charge in [-0.3, -0.25) is 4.99 Å². The predicted molar refractivity (Wildman–Crippen MR) is 118 cm³/mol. The van der Waals surface area contributed by atoms with Crippen molar-refractivity contribution in [2.75, 3.05) is 19.0 Å². The van der Waals surface area contributed by atoms with Crippen LogP contribution in [0.2, 0.25) is 0 Å². The highest BCUT2D eigenvalue weighted by Gasteiger charge is 2.11. The number of benzene rings is 2. The van der Waals surface area contributed by atoms with Crippen LogP contribution in [0.25, 0.3) is 0 Å². The van der Waals surface area contributed by atoms with Gasteiger partial charge in [0.1, 0.15) is 11.5 Å². The lowest BCUT2D eigenvalue weighted by atomic mass is 9.96.